The molecule has 0 radical (unpaired) electrons. The largest absolute Gasteiger partial charge is 2.00 e. The Hall–Kier alpha value is -1.12. The molecule has 0 saturated carbocycles. The van der Waals surface area contributed by atoms with Gasteiger partial charge in [0.25, 0.3) is 5.56 Å². The molecule has 0 bridgehead atoms. The third kappa shape index (κ3) is 1.97. The topological polar surface area (TPSA) is 126 Å². The molecule has 0 aliphatic rings. The van der Waals surface area contributed by atoms with E-state index >= 15 is 0 Å². The zero-order valence-corrected chi connectivity index (χ0v) is 7.96. The van der Waals surface area contributed by atoms with Crippen LogP contribution in [0.5, 0.6) is 0 Å². The third-order valence-electron chi connectivity index (χ3n) is 1.33. The Morgan fingerprint density at radius 1 is 1.31 bits per heavy atom. The molecule has 5 N–H and O–H groups in total. The Bertz CT molecular complexity index is 506. The van der Waals surface area contributed by atoms with E-state index in [4.69, 9.17) is 0 Å². The van der Waals surface area contributed by atoms with Crippen LogP contribution < -0.4 is 11.2 Å². The Labute approximate surface area is 90.0 Å². The minimum Gasteiger partial charge on any atom is -1.00 e. The fourth-order valence-electron chi connectivity index (χ4n) is 0.867. The predicted molar refractivity (Wildman–Crippen MR) is 48.9 cm³/mol. The van der Waals surface area contributed by atoms with E-state index in [9.17, 15) is 9.59 Å². The molecule has 2 aromatic rings. The Balaban J connectivity index is -0.000000360. The number of hydrogen-bond donors (Lipinski definition) is 3. The summed E-state index contributed by atoms with van der Waals surface area (Å²) in [6.07, 6.45) is 1.34. The fourth-order valence-corrected chi connectivity index (χ4v) is 0.867. The van der Waals surface area contributed by atoms with Crippen LogP contribution in [0, 0.1) is 0 Å². The van der Waals surface area contributed by atoms with Gasteiger partial charge in [0.15, 0.2) is 5.65 Å². The SMILES string of the molecule is O.O=c1[nH]c(=O)c2[nH]cnc2[nH]1.[H-].[H-].[Mg+2]. The average molecular weight is 196 g/mol. The molecule has 68 valence electrons. The molecule has 0 saturated heterocycles. The first-order chi connectivity index (χ1) is 5.27. The molecule has 13 heavy (non-hydrogen) atoms. The van der Waals surface area contributed by atoms with E-state index < -0.39 is 11.2 Å². The molecule has 0 amide bonds. The maximum Gasteiger partial charge on any atom is 2.00 e. The van der Waals surface area contributed by atoms with E-state index in [0.29, 0.717) is 0 Å². The molecular weight excluding hydrogens is 188 g/mol. The minimum atomic E-state index is -0.547. The fraction of sp³-hybridized carbons (Fsp3) is 0. The van der Waals surface area contributed by atoms with Gasteiger partial charge in [-0.1, -0.05) is 0 Å². The first-order valence-electron chi connectivity index (χ1n) is 2.93. The summed E-state index contributed by atoms with van der Waals surface area (Å²) in [5, 5.41) is 0. The Morgan fingerprint density at radius 2 is 2.00 bits per heavy atom. The van der Waals surface area contributed by atoms with Crippen LogP contribution in [0.25, 0.3) is 11.2 Å². The van der Waals surface area contributed by atoms with E-state index in [1.54, 1.807) is 0 Å². The van der Waals surface area contributed by atoms with Crippen molar-refractivity contribution in [2.75, 3.05) is 0 Å². The molecule has 0 aliphatic carbocycles. The molecule has 0 atom stereocenters. The van der Waals surface area contributed by atoms with Crippen LogP contribution in [0.15, 0.2) is 15.9 Å². The van der Waals surface area contributed by atoms with Crippen molar-refractivity contribution in [3.63, 3.8) is 0 Å². The number of nitrogens with zero attached hydrogens (tertiary/aromatic N) is 1. The van der Waals surface area contributed by atoms with Gasteiger partial charge in [0.2, 0.25) is 0 Å². The van der Waals surface area contributed by atoms with Gasteiger partial charge in [-0.05, 0) is 0 Å². The maximum atomic E-state index is 10.9. The molecule has 0 aromatic carbocycles. The summed E-state index contributed by atoms with van der Waals surface area (Å²) in [7, 11) is 0. The Kier molecular flexibility index (Phi) is 3.85. The number of nitrogens with one attached hydrogen (secondary N) is 3. The number of hydrogen-bond acceptors (Lipinski definition) is 3. The molecule has 0 unspecified atom stereocenters. The molecule has 0 spiro atoms. The van der Waals surface area contributed by atoms with Crippen molar-refractivity contribution in [3.05, 3.63) is 27.2 Å². The van der Waals surface area contributed by atoms with Gasteiger partial charge in [-0.15, -0.1) is 0 Å². The van der Waals surface area contributed by atoms with Gasteiger partial charge in [0, 0.05) is 0 Å². The number of rotatable bonds is 0. The number of imidazole rings is 1. The van der Waals surface area contributed by atoms with Gasteiger partial charge >= 0.3 is 28.7 Å². The van der Waals surface area contributed by atoms with E-state index in [1.807, 2.05) is 0 Å². The second-order valence-corrected chi connectivity index (χ2v) is 2.03. The summed E-state index contributed by atoms with van der Waals surface area (Å²) in [4.78, 5) is 32.3. The standard InChI is InChI=1S/C5H4N4O2.Mg.H2O.2H/c10-4-2-3(7-1-6-2)8-5(11)9-4;;;;/h1H,(H3,6,7,8,9,10,11);;1H2;;/q;+2;;2*-1. The quantitative estimate of drug-likeness (QED) is 0.420. The van der Waals surface area contributed by atoms with Crippen molar-refractivity contribution >= 4 is 34.2 Å². The molecule has 0 fully saturated rings. The molecule has 0 aliphatic heterocycles. The smallest absolute Gasteiger partial charge is 1.00 e. The second kappa shape index (κ2) is 4.21. The van der Waals surface area contributed by atoms with E-state index in [2.05, 4.69) is 19.9 Å². The van der Waals surface area contributed by atoms with Gasteiger partial charge in [0.1, 0.15) is 5.52 Å². The van der Waals surface area contributed by atoms with Crippen LogP contribution in [0.1, 0.15) is 2.85 Å². The predicted octanol–water partition coefficient (Wildman–Crippen LogP) is -2.04. The molecular formula is C5H8MgN4O3. The summed E-state index contributed by atoms with van der Waals surface area (Å²) >= 11 is 0. The van der Waals surface area contributed by atoms with Crippen molar-refractivity contribution in [2.24, 2.45) is 0 Å². The number of aromatic nitrogens is 4. The van der Waals surface area contributed by atoms with Gasteiger partial charge in [-0.25, -0.2) is 9.78 Å². The molecule has 2 aromatic heterocycles. The van der Waals surface area contributed by atoms with Crippen LogP contribution in [0.3, 0.4) is 0 Å². The monoisotopic (exact) mass is 196 g/mol. The number of aromatic amines is 3. The maximum absolute atomic E-state index is 10.9. The van der Waals surface area contributed by atoms with Crippen molar-refractivity contribution in [1.82, 2.24) is 19.9 Å². The van der Waals surface area contributed by atoms with Gasteiger partial charge in [-0.2, -0.15) is 0 Å². The third-order valence-corrected chi connectivity index (χ3v) is 1.33. The number of H-pyrrole nitrogens is 3. The number of fused-ring (bicyclic) bond motifs is 1. The van der Waals surface area contributed by atoms with Gasteiger partial charge in [-0.3, -0.25) is 14.8 Å². The van der Waals surface area contributed by atoms with E-state index in [1.165, 1.54) is 6.33 Å². The van der Waals surface area contributed by atoms with Crippen LogP contribution in [0.2, 0.25) is 0 Å². The Morgan fingerprint density at radius 3 is 2.69 bits per heavy atom. The first kappa shape index (κ1) is 11.9. The van der Waals surface area contributed by atoms with E-state index in [0.717, 1.165) is 0 Å². The summed E-state index contributed by atoms with van der Waals surface area (Å²) in [5.74, 6) is 0. The van der Waals surface area contributed by atoms with Crippen LogP contribution in [-0.4, -0.2) is 48.5 Å². The van der Waals surface area contributed by atoms with E-state index in [-0.39, 0.29) is 42.5 Å². The van der Waals surface area contributed by atoms with Crippen LogP contribution >= 0.6 is 0 Å². The summed E-state index contributed by atoms with van der Waals surface area (Å²) in [5.41, 5.74) is -0.445. The zero-order valence-electron chi connectivity index (χ0n) is 8.55. The molecule has 2 heterocycles. The minimum absolute atomic E-state index is 0. The molecule has 7 nitrogen and oxygen atoms in total. The van der Waals surface area contributed by atoms with Crippen LogP contribution in [0.4, 0.5) is 0 Å². The summed E-state index contributed by atoms with van der Waals surface area (Å²) in [6, 6.07) is 0. The average Bonchev–Trinajstić information content (AvgIpc) is 2.34. The van der Waals surface area contributed by atoms with Crippen molar-refractivity contribution < 1.29 is 8.33 Å². The first-order valence-corrected chi connectivity index (χ1v) is 2.93. The normalized spacial score (nSPS) is 8.92. The van der Waals surface area contributed by atoms with Crippen molar-refractivity contribution in [2.45, 2.75) is 0 Å². The zero-order chi connectivity index (χ0) is 7.84. The van der Waals surface area contributed by atoms with Crippen LogP contribution in [-0.2, 0) is 0 Å². The van der Waals surface area contributed by atoms with Gasteiger partial charge < -0.3 is 13.3 Å². The summed E-state index contributed by atoms with van der Waals surface area (Å²) < 4.78 is 0. The van der Waals surface area contributed by atoms with Gasteiger partial charge in [0.05, 0.1) is 6.33 Å². The molecule has 2 rings (SSSR count). The van der Waals surface area contributed by atoms with Crippen molar-refractivity contribution in [3.8, 4) is 0 Å². The summed E-state index contributed by atoms with van der Waals surface area (Å²) in [6.45, 7) is 0. The molecule has 8 heteroatoms. The second-order valence-electron chi connectivity index (χ2n) is 2.03. The van der Waals surface area contributed by atoms with Crippen molar-refractivity contribution in [1.29, 1.82) is 0 Å².